The summed E-state index contributed by atoms with van der Waals surface area (Å²) in [5, 5.41) is 4.12. The number of benzene rings is 2. The lowest BCUT2D eigenvalue weighted by molar-refractivity contribution is -0.138. The van der Waals surface area contributed by atoms with Crippen LogP contribution < -0.4 is 0 Å². The molecule has 0 aliphatic heterocycles. The minimum Gasteiger partial charge on any atom is -0.337 e. The van der Waals surface area contributed by atoms with Gasteiger partial charge in [0.15, 0.2) is 0 Å². The Balaban J connectivity index is 1.71. The number of carbonyl (C=O) groups excluding carboxylic acids is 1. The number of nitrogens with zero attached hydrogens (tertiary/aromatic N) is 3. The van der Waals surface area contributed by atoms with Crippen LogP contribution in [0.25, 0.3) is 0 Å². The molecule has 0 N–H and O–H groups in total. The molecule has 0 bridgehead atoms. The molecule has 27 heavy (non-hydrogen) atoms. The van der Waals surface area contributed by atoms with Crippen LogP contribution in [0.3, 0.4) is 0 Å². The first-order valence-corrected chi connectivity index (χ1v) is 8.31. The number of alkyl halides is 3. The summed E-state index contributed by atoms with van der Waals surface area (Å²) in [6, 6.07) is 14.1. The summed E-state index contributed by atoms with van der Waals surface area (Å²) < 4.78 is 41.1. The predicted octanol–water partition coefficient (Wildman–Crippen LogP) is 4.22. The Labute approximate surface area is 154 Å². The Bertz CT molecular complexity index is 903. The lowest BCUT2D eigenvalue weighted by Crippen LogP contribution is -2.27. The van der Waals surface area contributed by atoms with E-state index in [4.69, 9.17) is 0 Å². The molecule has 2 aromatic carbocycles. The molecule has 0 aliphatic rings. The van der Waals surface area contributed by atoms with Crippen molar-refractivity contribution in [3.8, 4) is 0 Å². The van der Waals surface area contributed by atoms with Gasteiger partial charge in [0.1, 0.15) is 0 Å². The normalized spacial score (nSPS) is 11.4. The summed E-state index contributed by atoms with van der Waals surface area (Å²) >= 11 is 0. The Hall–Kier alpha value is -3.09. The molecule has 4 nitrogen and oxygen atoms in total. The van der Waals surface area contributed by atoms with Crippen LogP contribution in [0.4, 0.5) is 13.2 Å². The number of amides is 1. The second-order valence-electron chi connectivity index (χ2n) is 6.22. The van der Waals surface area contributed by atoms with Gasteiger partial charge in [-0.15, -0.1) is 0 Å². The van der Waals surface area contributed by atoms with Crippen LogP contribution in [0, 0.1) is 0 Å². The van der Waals surface area contributed by atoms with Crippen molar-refractivity contribution in [2.75, 3.05) is 7.05 Å². The van der Waals surface area contributed by atoms with Crippen LogP contribution in [0.15, 0.2) is 67.0 Å². The van der Waals surface area contributed by atoms with E-state index in [-0.39, 0.29) is 18.0 Å². The van der Waals surface area contributed by atoms with Crippen LogP contribution in [0.1, 0.15) is 27.0 Å². The SMILES string of the molecule is CN(Cc1ccccc1C(F)(F)F)C(=O)c1ccc(Cn2cccn2)cc1. The molecule has 0 atom stereocenters. The maximum absolute atomic E-state index is 13.1. The molecule has 0 fully saturated rings. The van der Waals surface area contributed by atoms with Crippen molar-refractivity contribution in [2.24, 2.45) is 0 Å². The highest BCUT2D eigenvalue weighted by Crippen LogP contribution is 2.32. The van der Waals surface area contributed by atoms with Crippen molar-refractivity contribution >= 4 is 5.91 Å². The number of hydrogen-bond donors (Lipinski definition) is 0. The van der Waals surface area contributed by atoms with Crippen molar-refractivity contribution in [3.63, 3.8) is 0 Å². The first-order chi connectivity index (χ1) is 12.8. The van der Waals surface area contributed by atoms with Gasteiger partial charge in [0.05, 0.1) is 12.1 Å². The number of carbonyl (C=O) groups is 1. The van der Waals surface area contributed by atoms with Crippen LogP contribution in [-0.4, -0.2) is 27.6 Å². The van der Waals surface area contributed by atoms with Crippen molar-refractivity contribution < 1.29 is 18.0 Å². The summed E-state index contributed by atoms with van der Waals surface area (Å²) in [7, 11) is 1.49. The number of aromatic nitrogens is 2. The molecule has 0 saturated heterocycles. The molecule has 140 valence electrons. The number of hydrogen-bond acceptors (Lipinski definition) is 2. The third-order valence-corrected chi connectivity index (χ3v) is 4.18. The van der Waals surface area contributed by atoms with Crippen LogP contribution >= 0.6 is 0 Å². The van der Waals surface area contributed by atoms with E-state index < -0.39 is 11.7 Å². The van der Waals surface area contributed by atoms with Gasteiger partial charge in [-0.05, 0) is 35.4 Å². The van der Waals surface area contributed by atoms with Crippen LogP contribution in [-0.2, 0) is 19.3 Å². The van der Waals surface area contributed by atoms with Gasteiger partial charge in [0.2, 0.25) is 0 Å². The van der Waals surface area contributed by atoms with E-state index in [0.717, 1.165) is 11.6 Å². The van der Waals surface area contributed by atoms with Crippen molar-refractivity contribution in [2.45, 2.75) is 19.3 Å². The molecule has 3 rings (SSSR count). The fourth-order valence-corrected chi connectivity index (χ4v) is 2.82. The minimum atomic E-state index is -4.45. The summed E-state index contributed by atoms with van der Waals surface area (Å²) in [5.74, 6) is -0.336. The third-order valence-electron chi connectivity index (χ3n) is 4.18. The Morgan fingerprint density at radius 2 is 1.78 bits per heavy atom. The molecule has 0 radical (unpaired) electrons. The largest absolute Gasteiger partial charge is 0.416 e. The third kappa shape index (κ3) is 4.55. The fourth-order valence-electron chi connectivity index (χ4n) is 2.82. The Morgan fingerprint density at radius 1 is 1.07 bits per heavy atom. The highest BCUT2D eigenvalue weighted by molar-refractivity contribution is 5.94. The van der Waals surface area contributed by atoms with E-state index in [2.05, 4.69) is 5.10 Å². The predicted molar refractivity (Wildman–Crippen MR) is 95.0 cm³/mol. The average molecular weight is 373 g/mol. The summed E-state index contributed by atoms with van der Waals surface area (Å²) in [6.07, 6.45) is -0.925. The summed E-state index contributed by atoms with van der Waals surface area (Å²) in [6.45, 7) is 0.458. The van der Waals surface area contributed by atoms with Crippen LogP contribution in [0.5, 0.6) is 0 Å². The van der Waals surface area contributed by atoms with E-state index >= 15 is 0 Å². The topological polar surface area (TPSA) is 38.1 Å². The van der Waals surface area contributed by atoms with Crippen molar-refractivity contribution in [1.29, 1.82) is 0 Å². The quantitative estimate of drug-likeness (QED) is 0.672. The Kier molecular flexibility index (Phi) is 5.30. The molecule has 0 aliphatic carbocycles. The van der Waals surface area contributed by atoms with Gasteiger partial charge in [0.25, 0.3) is 5.91 Å². The van der Waals surface area contributed by atoms with Gasteiger partial charge in [-0.25, -0.2) is 0 Å². The molecule has 0 spiro atoms. The highest BCUT2D eigenvalue weighted by Gasteiger charge is 2.33. The molecule has 7 heteroatoms. The number of rotatable bonds is 5. The van der Waals surface area contributed by atoms with Gasteiger partial charge in [0, 0.05) is 31.5 Å². The molecule has 3 aromatic rings. The highest BCUT2D eigenvalue weighted by atomic mass is 19.4. The van der Waals surface area contributed by atoms with Gasteiger partial charge < -0.3 is 4.90 Å². The average Bonchev–Trinajstić information content (AvgIpc) is 3.14. The molecule has 0 unspecified atom stereocenters. The number of halogens is 3. The van der Waals surface area contributed by atoms with Gasteiger partial charge in [-0.1, -0.05) is 30.3 Å². The minimum absolute atomic E-state index is 0.0659. The summed E-state index contributed by atoms with van der Waals surface area (Å²) in [5.41, 5.74) is 0.738. The first-order valence-electron chi connectivity index (χ1n) is 8.31. The van der Waals surface area contributed by atoms with E-state index in [1.54, 1.807) is 23.0 Å². The Morgan fingerprint density at radius 3 is 2.41 bits per heavy atom. The molecule has 1 aromatic heterocycles. The van der Waals surface area contributed by atoms with Crippen molar-refractivity contribution in [1.82, 2.24) is 14.7 Å². The van der Waals surface area contributed by atoms with Gasteiger partial charge in [-0.3, -0.25) is 9.48 Å². The van der Waals surface area contributed by atoms with E-state index in [0.29, 0.717) is 12.1 Å². The molecule has 1 heterocycles. The second-order valence-corrected chi connectivity index (χ2v) is 6.22. The summed E-state index contributed by atoms with van der Waals surface area (Å²) in [4.78, 5) is 13.9. The zero-order valence-corrected chi connectivity index (χ0v) is 14.6. The van der Waals surface area contributed by atoms with Gasteiger partial charge in [-0.2, -0.15) is 18.3 Å². The lowest BCUT2D eigenvalue weighted by atomic mass is 10.1. The fraction of sp³-hybridized carbons (Fsp3) is 0.200. The maximum atomic E-state index is 13.1. The van der Waals surface area contributed by atoms with E-state index in [9.17, 15) is 18.0 Å². The van der Waals surface area contributed by atoms with Gasteiger partial charge >= 0.3 is 6.18 Å². The van der Waals surface area contributed by atoms with E-state index in [1.165, 1.54) is 30.1 Å². The lowest BCUT2D eigenvalue weighted by Gasteiger charge is -2.20. The van der Waals surface area contributed by atoms with Crippen LogP contribution in [0.2, 0.25) is 0 Å². The molecule has 1 amide bonds. The smallest absolute Gasteiger partial charge is 0.337 e. The maximum Gasteiger partial charge on any atom is 0.416 e. The molecular weight excluding hydrogens is 355 g/mol. The zero-order valence-electron chi connectivity index (χ0n) is 14.6. The zero-order chi connectivity index (χ0) is 19.4. The van der Waals surface area contributed by atoms with E-state index in [1.807, 2.05) is 24.4 Å². The second kappa shape index (κ2) is 7.65. The molecule has 0 saturated carbocycles. The molecular formula is C20H18F3N3O. The standard InChI is InChI=1S/C20H18F3N3O/c1-25(14-17-5-2-3-6-18(17)20(21,22)23)19(27)16-9-7-15(8-10-16)13-26-12-4-11-24-26/h2-12H,13-14H2,1H3. The van der Waals surface area contributed by atoms with Crippen molar-refractivity contribution in [3.05, 3.63) is 89.2 Å². The monoisotopic (exact) mass is 373 g/mol. The first kappa shape index (κ1) is 18.7.